The van der Waals surface area contributed by atoms with Crippen molar-refractivity contribution in [3.05, 3.63) is 79.2 Å². The van der Waals surface area contributed by atoms with Crippen LogP contribution in [0.4, 0.5) is 5.69 Å². The maximum Gasteiger partial charge on any atom is 0.268 e. The SMILES string of the molecule is COc1ccccc1NC(=O)/C=c1\s/c(=C\c2ccc(C(C)C)cc2)c(=O)n1C. The number of hydrogen-bond acceptors (Lipinski definition) is 4. The average Bonchev–Trinajstić information content (AvgIpc) is 2.96. The molecule has 0 saturated carbocycles. The van der Waals surface area contributed by atoms with Gasteiger partial charge in [0.1, 0.15) is 10.4 Å². The number of nitrogens with zero attached hydrogens (tertiary/aromatic N) is 1. The molecule has 150 valence electrons. The van der Waals surface area contributed by atoms with E-state index < -0.39 is 0 Å². The summed E-state index contributed by atoms with van der Waals surface area (Å²) in [6.45, 7) is 4.29. The van der Waals surface area contributed by atoms with Gasteiger partial charge >= 0.3 is 0 Å². The van der Waals surface area contributed by atoms with Crippen LogP contribution in [-0.2, 0) is 11.8 Å². The summed E-state index contributed by atoms with van der Waals surface area (Å²) in [5.74, 6) is 0.717. The first-order valence-corrected chi connectivity index (χ1v) is 10.1. The maximum atomic E-state index is 12.6. The lowest BCUT2D eigenvalue weighted by molar-refractivity contribution is -0.110. The number of methoxy groups -OCH3 is 1. The summed E-state index contributed by atoms with van der Waals surface area (Å²) in [6.07, 6.45) is 3.28. The van der Waals surface area contributed by atoms with Crippen LogP contribution in [0.3, 0.4) is 0 Å². The quantitative estimate of drug-likeness (QED) is 0.706. The Morgan fingerprint density at radius 3 is 2.48 bits per heavy atom. The van der Waals surface area contributed by atoms with E-state index in [2.05, 4.69) is 31.3 Å². The van der Waals surface area contributed by atoms with Crippen LogP contribution in [0.1, 0.15) is 30.9 Å². The Morgan fingerprint density at radius 2 is 1.83 bits per heavy atom. The molecule has 0 radical (unpaired) electrons. The maximum absolute atomic E-state index is 12.6. The van der Waals surface area contributed by atoms with Crippen LogP contribution >= 0.6 is 11.3 Å². The molecule has 1 aromatic heterocycles. The van der Waals surface area contributed by atoms with E-state index in [-0.39, 0.29) is 11.5 Å². The van der Waals surface area contributed by atoms with Crippen molar-refractivity contribution in [2.24, 2.45) is 7.05 Å². The highest BCUT2D eigenvalue weighted by Crippen LogP contribution is 2.22. The van der Waals surface area contributed by atoms with Gasteiger partial charge in [-0.2, -0.15) is 0 Å². The molecule has 5 nitrogen and oxygen atoms in total. The van der Waals surface area contributed by atoms with Gasteiger partial charge in [0.15, 0.2) is 0 Å². The van der Waals surface area contributed by atoms with Crippen LogP contribution in [0.5, 0.6) is 5.75 Å². The number of carbonyl (C=O) groups excluding carboxylic acids is 1. The molecule has 3 rings (SSSR count). The standard InChI is InChI=1S/C23H24N2O3S/c1-15(2)17-11-9-16(10-12-17)13-20-23(27)25(3)22(29-20)14-21(26)24-18-7-5-6-8-19(18)28-4/h5-15H,1-4H3,(H,24,26)/b20-13-,22-14-. The van der Waals surface area contributed by atoms with Crippen LogP contribution in [0.2, 0.25) is 0 Å². The Hall–Kier alpha value is -3.12. The minimum absolute atomic E-state index is 0.126. The van der Waals surface area contributed by atoms with Gasteiger partial charge in [0.05, 0.1) is 17.3 Å². The number of anilines is 1. The van der Waals surface area contributed by atoms with E-state index in [1.54, 1.807) is 26.3 Å². The molecule has 0 spiro atoms. The number of ether oxygens (including phenoxy) is 1. The van der Waals surface area contributed by atoms with Crippen molar-refractivity contribution in [3.63, 3.8) is 0 Å². The van der Waals surface area contributed by atoms with E-state index >= 15 is 0 Å². The fourth-order valence-corrected chi connectivity index (χ4v) is 3.90. The van der Waals surface area contributed by atoms with Gasteiger partial charge < -0.3 is 14.6 Å². The Labute approximate surface area is 173 Å². The van der Waals surface area contributed by atoms with Gasteiger partial charge in [-0.3, -0.25) is 9.59 Å². The van der Waals surface area contributed by atoms with E-state index in [4.69, 9.17) is 4.74 Å². The molecule has 0 fully saturated rings. The number of hydrogen-bond donors (Lipinski definition) is 1. The molecule has 0 bridgehead atoms. The number of para-hydroxylation sites is 2. The summed E-state index contributed by atoms with van der Waals surface area (Å²) in [5.41, 5.74) is 2.66. The zero-order valence-corrected chi connectivity index (χ0v) is 17.7. The Balaban J connectivity index is 1.91. The minimum atomic E-state index is -0.320. The van der Waals surface area contributed by atoms with Gasteiger partial charge in [0, 0.05) is 13.1 Å². The summed E-state index contributed by atoms with van der Waals surface area (Å²) in [7, 11) is 3.22. The van der Waals surface area contributed by atoms with Crippen LogP contribution in [0.15, 0.2) is 53.3 Å². The fourth-order valence-electron chi connectivity index (χ4n) is 2.87. The van der Waals surface area contributed by atoms with Crippen molar-refractivity contribution in [2.75, 3.05) is 12.4 Å². The first kappa shape index (κ1) is 20.6. The number of aromatic nitrogens is 1. The van der Waals surface area contributed by atoms with Gasteiger partial charge in [0.2, 0.25) is 0 Å². The second-order valence-corrected chi connectivity index (χ2v) is 8.03. The second-order valence-electron chi connectivity index (χ2n) is 6.97. The number of carbonyl (C=O) groups is 1. The van der Waals surface area contributed by atoms with Crippen molar-refractivity contribution in [3.8, 4) is 5.75 Å². The predicted octanol–water partition coefficient (Wildman–Crippen LogP) is 2.83. The fraction of sp³-hybridized carbons (Fsp3) is 0.217. The Morgan fingerprint density at radius 1 is 1.14 bits per heavy atom. The molecule has 0 saturated heterocycles. The van der Waals surface area contributed by atoms with Gasteiger partial charge in [-0.05, 0) is 35.3 Å². The van der Waals surface area contributed by atoms with Crippen LogP contribution in [0, 0.1) is 0 Å². The average molecular weight is 409 g/mol. The molecule has 0 aliphatic carbocycles. The van der Waals surface area contributed by atoms with E-state index in [0.717, 1.165) is 5.56 Å². The summed E-state index contributed by atoms with van der Waals surface area (Å²) < 4.78 is 7.89. The van der Waals surface area contributed by atoms with Gasteiger partial charge in [-0.1, -0.05) is 50.2 Å². The lowest BCUT2D eigenvalue weighted by Crippen LogP contribution is -2.29. The largest absolute Gasteiger partial charge is 0.495 e. The summed E-state index contributed by atoms with van der Waals surface area (Å²) >= 11 is 1.29. The highest BCUT2D eigenvalue weighted by atomic mass is 32.1. The van der Waals surface area contributed by atoms with Crippen molar-refractivity contribution in [1.82, 2.24) is 4.57 Å². The van der Waals surface area contributed by atoms with Crippen molar-refractivity contribution in [2.45, 2.75) is 19.8 Å². The molecule has 0 unspecified atom stereocenters. The number of nitrogens with one attached hydrogen (secondary N) is 1. The second kappa shape index (κ2) is 8.92. The molecular formula is C23H24N2O3S. The van der Waals surface area contributed by atoms with E-state index in [1.807, 2.05) is 30.3 Å². The third-order valence-corrected chi connectivity index (χ3v) is 5.69. The molecule has 3 aromatic rings. The number of benzene rings is 2. The van der Waals surface area contributed by atoms with Crippen molar-refractivity contribution < 1.29 is 9.53 Å². The molecule has 0 aliphatic rings. The monoisotopic (exact) mass is 408 g/mol. The molecule has 29 heavy (non-hydrogen) atoms. The van der Waals surface area contributed by atoms with Crippen molar-refractivity contribution >= 4 is 35.1 Å². The van der Waals surface area contributed by atoms with Gasteiger partial charge in [0.25, 0.3) is 11.5 Å². The van der Waals surface area contributed by atoms with Crippen molar-refractivity contribution in [1.29, 1.82) is 0 Å². The van der Waals surface area contributed by atoms with Crippen LogP contribution < -0.4 is 24.8 Å². The predicted molar refractivity (Wildman–Crippen MR) is 119 cm³/mol. The molecule has 0 aliphatic heterocycles. The van der Waals surface area contributed by atoms with Gasteiger partial charge in [-0.15, -0.1) is 11.3 Å². The highest BCUT2D eigenvalue weighted by molar-refractivity contribution is 7.07. The van der Waals surface area contributed by atoms with Crippen LogP contribution in [0.25, 0.3) is 12.2 Å². The van der Waals surface area contributed by atoms with E-state index in [1.165, 1.54) is 27.5 Å². The first-order valence-electron chi connectivity index (χ1n) is 9.32. The lowest BCUT2D eigenvalue weighted by Gasteiger charge is -2.07. The first-order chi connectivity index (χ1) is 13.9. The van der Waals surface area contributed by atoms with Crippen LogP contribution in [-0.4, -0.2) is 17.6 Å². The minimum Gasteiger partial charge on any atom is -0.495 e. The Kier molecular flexibility index (Phi) is 6.34. The Bertz CT molecular complexity index is 1190. The molecule has 0 atom stereocenters. The molecule has 6 heteroatoms. The molecule has 1 N–H and O–H groups in total. The summed E-state index contributed by atoms with van der Waals surface area (Å²) in [6, 6.07) is 15.3. The number of rotatable bonds is 5. The van der Waals surface area contributed by atoms with E-state index in [9.17, 15) is 9.59 Å². The third-order valence-electron chi connectivity index (χ3n) is 4.58. The third kappa shape index (κ3) is 4.84. The highest BCUT2D eigenvalue weighted by Gasteiger charge is 2.07. The lowest BCUT2D eigenvalue weighted by atomic mass is 10.0. The van der Waals surface area contributed by atoms with Gasteiger partial charge in [-0.25, -0.2) is 0 Å². The number of amides is 1. The molecule has 2 aromatic carbocycles. The molecule has 1 heterocycles. The summed E-state index contributed by atoms with van der Waals surface area (Å²) in [5, 5.41) is 2.79. The number of thiazole rings is 1. The smallest absolute Gasteiger partial charge is 0.268 e. The zero-order chi connectivity index (χ0) is 21.0. The topological polar surface area (TPSA) is 60.3 Å². The molecular weight excluding hydrogens is 384 g/mol. The normalized spacial score (nSPS) is 12.4. The van der Waals surface area contributed by atoms with E-state index in [0.29, 0.717) is 26.5 Å². The molecule has 1 amide bonds. The summed E-state index contributed by atoms with van der Waals surface area (Å²) in [4.78, 5) is 25.0. The zero-order valence-electron chi connectivity index (χ0n) is 16.9.